The van der Waals surface area contributed by atoms with Crippen LogP contribution >= 0.6 is 11.6 Å². The number of likely N-dealkylation sites (tertiary alicyclic amines) is 1. The van der Waals surface area contributed by atoms with Crippen molar-refractivity contribution in [1.82, 2.24) is 4.90 Å². The predicted molar refractivity (Wildman–Crippen MR) is 112 cm³/mol. The maximum absolute atomic E-state index is 13.0. The number of ketones is 1. The number of carbonyl (C=O) groups is 4. The zero-order chi connectivity index (χ0) is 21.7. The third-order valence-electron chi connectivity index (χ3n) is 7.87. The molecule has 0 radical (unpaired) electrons. The van der Waals surface area contributed by atoms with Gasteiger partial charge in [-0.05, 0) is 81.0 Å². The number of ether oxygens (including phenoxy) is 1. The summed E-state index contributed by atoms with van der Waals surface area (Å²) in [5.41, 5.74) is 0.450. The molecule has 1 aromatic rings. The zero-order valence-electron chi connectivity index (χ0n) is 17.3. The first-order valence-electron chi connectivity index (χ1n) is 11.3. The molecule has 3 saturated carbocycles. The number of hydrogen-bond acceptors (Lipinski definition) is 5. The SMILES string of the molecule is O=C(COC(=O)C1CCC(N2C(=O)[C@H]3[C@@H]4CC[C@@H](C4)[C@@H]3C2=O)CC1)c1ccc(Cl)cc1. The Morgan fingerprint density at radius 2 is 1.48 bits per heavy atom. The molecule has 0 N–H and O–H groups in total. The quantitative estimate of drug-likeness (QED) is 0.394. The van der Waals surface area contributed by atoms with Crippen molar-refractivity contribution in [2.45, 2.75) is 51.0 Å². The number of amides is 2. The van der Waals surface area contributed by atoms with Crippen LogP contribution in [0.3, 0.4) is 0 Å². The van der Waals surface area contributed by atoms with E-state index in [1.807, 2.05) is 0 Å². The summed E-state index contributed by atoms with van der Waals surface area (Å²) >= 11 is 5.82. The summed E-state index contributed by atoms with van der Waals surface area (Å²) in [6, 6.07) is 6.35. The molecule has 1 heterocycles. The van der Waals surface area contributed by atoms with Gasteiger partial charge in [0, 0.05) is 16.6 Å². The van der Waals surface area contributed by atoms with Gasteiger partial charge in [0.2, 0.25) is 11.8 Å². The van der Waals surface area contributed by atoms with Crippen molar-refractivity contribution in [3.63, 3.8) is 0 Å². The van der Waals surface area contributed by atoms with Gasteiger partial charge >= 0.3 is 5.97 Å². The Morgan fingerprint density at radius 1 is 0.903 bits per heavy atom. The number of Topliss-reactive ketones (excluding diaryl/α,β-unsaturated/α-hetero) is 1. The second-order valence-corrected chi connectivity index (χ2v) is 9.91. The molecule has 1 aromatic carbocycles. The first-order chi connectivity index (χ1) is 14.9. The van der Waals surface area contributed by atoms with Crippen LogP contribution in [0.25, 0.3) is 0 Å². The van der Waals surface area contributed by atoms with Crippen LogP contribution in [0.1, 0.15) is 55.3 Å². The van der Waals surface area contributed by atoms with Gasteiger partial charge in [-0.15, -0.1) is 0 Å². The summed E-state index contributed by atoms with van der Waals surface area (Å²) in [7, 11) is 0. The van der Waals surface area contributed by atoms with E-state index in [4.69, 9.17) is 16.3 Å². The molecule has 2 amide bonds. The van der Waals surface area contributed by atoms with Crippen molar-refractivity contribution < 1.29 is 23.9 Å². The van der Waals surface area contributed by atoms with Crippen LogP contribution < -0.4 is 0 Å². The van der Waals surface area contributed by atoms with Crippen molar-refractivity contribution in [3.05, 3.63) is 34.9 Å². The van der Waals surface area contributed by atoms with E-state index in [0.29, 0.717) is 48.1 Å². The number of carbonyl (C=O) groups excluding carboxylic acids is 4. The van der Waals surface area contributed by atoms with E-state index in [9.17, 15) is 19.2 Å². The maximum Gasteiger partial charge on any atom is 0.309 e. The Balaban J connectivity index is 1.13. The highest BCUT2D eigenvalue weighted by atomic mass is 35.5. The third kappa shape index (κ3) is 3.59. The van der Waals surface area contributed by atoms with E-state index in [-0.39, 0.29) is 54.0 Å². The predicted octanol–water partition coefficient (Wildman–Crippen LogP) is 3.66. The zero-order valence-corrected chi connectivity index (χ0v) is 18.1. The monoisotopic (exact) mass is 443 g/mol. The number of fused-ring (bicyclic) bond motifs is 5. The van der Waals surface area contributed by atoms with Crippen molar-refractivity contribution in [2.75, 3.05) is 6.61 Å². The number of hydrogen-bond donors (Lipinski definition) is 0. The van der Waals surface area contributed by atoms with Gasteiger partial charge in [0.05, 0.1) is 17.8 Å². The van der Waals surface area contributed by atoms with E-state index >= 15 is 0 Å². The number of nitrogens with zero attached hydrogens (tertiary/aromatic N) is 1. The third-order valence-corrected chi connectivity index (χ3v) is 8.12. The fourth-order valence-electron chi connectivity index (χ4n) is 6.34. The second kappa shape index (κ2) is 8.05. The average molecular weight is 444 g/mol. The van der Waals surface area contributed by atoms with E-state index in [1.54, 1.807) is 29.2 Å². The fourth-order valence-corrected chi connectivity index (χ4v) is 6.46. The molecule has 0 aromatic heterocycles. The van der Waals surface area contributed by atoms with Crippen molar-refractivity contribution in [2.24, 2.45) is 29.6 Å². The van der Waals surface area contributed by atoms with E-state index in [1.165, 1.54) is 0 Å². The summed E-state index contributed by atoms with van der Waals surface area (Å²) in [6.45, 7) is -0.296. The minimum Gasteiger partial charge on any atom is -0.457 e. The molecule has 164 valence electrons. The molecule has 6 nitrogen and oxygen atoms in total. The molecule has 31 heavy (non-hydrogen) atoms. The normalized spacial score (nSPS) is 34.2. The molecule has 1 aliphatic heterocycles. The van der Waals surface area contributed by atoms with Gasteiger partial charge in [-0.3, -0.25) is 24.1 Å². The molecule has 0 unspecified atom stereocenters. The molecule has 5 rings (SSSR count). The highest BCUT2D eigenvalue weighted by Crippen LogP contribution is 2.56. The fraction of sp³-hybridized carbons (Fsp3) is 0.583. The van der Waals surface area contributed by atoms with Crippen LogP contribution in [-0.4, -0.2) is 41.1 Å². The lowest BCUT2D eigenvalue weighted by Gasteiger charge is -2.33. The topological polar surface area (TPSA) is 80.8 Å². The Morgan fingerprint density at radius 3 is 2.06 bits per heavy atom. The lowest BCUT2D eigenvalue weighted by atomic mass is 9.81. The molecular formula is C24H26ClNO5. The summed E-state index contributed by atoms with van der Waals surface area (Å²) in [5, 5.41) is 0.538. The molecule has 4 aliphatic rings. The summed E-state index contributed by atoms with van der Waals surface area (Å²) < 4.78 is 5.26. The van der Waals surface area contributed by atoms with Crippen LogP contribution in [-0.2, 0) is 19.1 Å². The standard InChI is InChI=1S/C24H26ClNO5/c25-17-7-3-13(4-8-17)19(27)12-31-24(30)14-5-9-18(10-6-14)26-22(28)20-15-1-2-16(11-15)21(20)23(26)29/h3-4,7-8,14-16,18,20-21H,1-2,5-6,9-12H2/t14?,15-,16+,18?,20-,21-/m0/s1. The molecule has 0 spiro atoms. The van der Waals surface area contributed by atoms with Gasteiger partial charge in [-0.25, -0.2) is 0 Å². The van der Waals surface area contributed by atoms with Crippen LogP contribution in [0, 0.1) is 29.6 Å². The van der Waals surface area contributed by atoms with E-state index in [0.717, 1.165) is 19.3 Å². The van der Waals surface area contributed by atoms with Gasteiger partial charge in [-0.2, -0.15) is 0 Å². The Hall–Kier alpha value is -2.21. The minimum absolute atomic E-state index is 0.0294. The van der Waals surface area contributed by atoms with Crippen LogP contribution in [0.15, 0.2) is 24.3 Å². The van der Waals surface area contributed by atoms with E-state index < -0.39 is 0 Å². The van der Waals surface area contributed by atoms with Crippen LogP contribution in [0.5, 0.6) is 0 Å². The van der Waals surface area contributed by atoms with Crippen molar-refractivity contribution >= 4 is 35.2 Å². The number of benzene rings is 1. The molecular weight excluding hydrogens is 418 g/mol. The first kappa shape index (κ1) is 20.7. The maximum atomic E-state index is 13.0. The second-order valence-electron chi connectivity index (χ2n) is 9.47. The smallest absolute Gasteiger partial charge is 0.309 e. The summed E-state index contributed by atoms with van der Waals surface area (Å²) in [4.78, 5) is 52.2. The molecule has 1 saturated heterocycles. The molecule has 4 fully saturated rings. The minimum atomic E-state index is -0.380. The average Bonchev–Trinajstić information content (AvgIpc) is 3.46. The molecule has 7 heteroatoms. The number of esters is 1. The van der Waals surface area contributed by atoms with Crippen molar-refractivity contribution in [3.8, 4) is 0 Å². The van der Waals surface area contributed by atoms with Gasteiger partial charge in [0.15, 0.2) is 12.4 Å². The highest BCUT2D eigenvalue weighted by molar-refractivity contribution is 6.30. The Kier molecular flexibility index (Phi) is 5.37. The van der Waals surface area contributed by atoms with Gasteiger partial charge in [-0.1, -0.05) is 11.6 Å². The van der Waals surface area contributed by atoms with Gasteiger partial charge in [0.1, 0.15) is 0 Å². The molecule has 4 atom stereocenters. The number of imide groups is 1. The van der Waals surface area contributed by atoms with Crippen LogP contribution in [0.2, 0.25) is 5.02 Å². The number of halogens is 1. The Labute approximate surface area is 186 Å². The van der Waals surface area contributed by atoms with E-state index in [2.05, 4.69) is 0 Å². The first-order valence-corrected chi connectivity index (χ1v) is 11.6. The lowest BCUT2D eigenvalue weighted by molar-refractivity contribution is -0.149. The summed E-state index contributed by atoms with van der Waals surface area (Å²) in [6.07, 6.45) is 5.57. The van der Waals surface area contributed by atoms with Crippen molar-refractivity contribution in [1.29, 1.82) is 0 Å². The molecule has 2 bridgehead atoms. The van der Waals surface area contributed by atoms with Crippen LogP contribution in [0.4, 0.5) is 0 Å². The lowest BCUT2D eigenvalue weighted by Crippen LogP contribution is -2.44. The molecule has 3 aliphatic carbocycles. The largest absolute Gasteiger partial charge is 0.457 e. The Bertz CT molecular complexity index is 892. The highest BCUT2D eigenvalue weighted by Gasteiger charge is 2.61. The number of rotatable bonds is 5. The van der Waals surface area contributed by atoms with Gasteiger partial charge in [0.25, 0.3) is 0 Å². The summed E-state index contributed by atoms with van der Waals surface area (Å²) in [5.74, 6) is -0.285. The van der Waals surface area contributed by atoms with Gasteiger partial charge < -0.3 is 4.74 Å².